The first-order valence-corrected chi connectivity index (χ1v) is 26.2. The summed E-state index contributed by atoms with van der Waals surface area (Å²) in [5, 5.41) is 10.0. The molecular weight excluding hydrogens is 869 g/mol. The van der Waals surface area contributed by atoms with E-state index in [9.17, 15) is 33.9 Å². The van der Waals surface area contributed by atoms with Gasteiger partial charge in [-0.15, -0.1) is 0 Å². The van der Waals surface area contributed by atoms with Gasteiger partial charge in [-0.25, -0.2) is 0 Å². The lowest BCUT2D eigenvalue weighted by Gasteiger charge is -2.54. The van der Waals surface area contributed by atoms with E-state index in [-0.39, 0.29) is 71.2 Å². The van der Waals surface area contributed by atoms with Crippen LogP contribution >= 0.6 is 0 Å². The van der Waals surface area contributed by atoms with Crippen molar-refractivity contribution in [2.45, 2.75) is 180 Å². The number of carbonyl (C=O) groups is 6. The van der Waals surface area contributed by atoms with Crippen molar-refractivity contribution in [1.29, 1.82) is 0 Å². The van der Waals surface area contributed by atoms with Crippen molar-refractivity contribution in [1.82, 2.24) is 0 Å². The van der Waals surface area contributed by atoms with E-state index >= 15 is 0 Å². The van der Waals surface area contributed by atoms with Crippen molar-refractivity contribution in [2.75, 3.05) is 13.2 Å². The van der Waals surface area contributed by atoms with Crippen LogP contribution in [-0.4, -0.2) is 60.4 Å². The van der Waals surface area contributed by atoms with Gasteiger partial charge in [0.1, 0.15) is 6.10 Å². The van der Waals surface area contributed by atoms with Gasteiger partial charge < -0.3 is 19.3 Å². The van der Waals surface area contributed by atoms with Gasteiger partial charge in [0, 0.05) is 29.9 Å². The number of aliphatic carboxylic acids is 1. The minimum atomic E-state index is -0.937. The van der Waals surface area contributed by atoms with Crippen LogP contribution in [0.15, 0.2) is 48.6 Å². The molecule has 0 bridgehead atoms. The Morgan fingerprint density at radius 2 is 1.06 bits per heavy atom. The fourth-order valence-electron chi connectivity index (χ4n) is 14.7. The maximum Gasteiger partial charge on any atom is 0.312 e. The number of ether oxygens (including phenoxy) is 3. The SMILES string of the molecule is CC(C)c1cc2c(cc1C(=O)C1CC=CCC1OC=O)C1(C)CCCC(C)(C(=O)OCCCOC(=O)C3(C)CCCC4(C)c5cc(C(=O)C6CC=CCC6C(=O)O)c(C(C)C)cc5CCC34)C1CC2. The van der Waals surface area contributed by atoms with Gasteiger partial charge in [-0.05, 0) is 164 Å². The normalized spacial score (nSPS) is 32.5. The highest BCUT2D eigenvalue weighted by atomic mass is 16.5. The minimum Gasteiger partial charge on any atom is -0.481 e. The van der Waals surface area contributed by atoms with E-state index in [0.717, 1.165) is 73.6 Å². The van der Waals surface area contributed by atoms with Gasteiger partial charge in [-0.3, -0.25) is 28.8 Å². The third-order valence-corrected chi connectivity index (χ3v) is 18.5. The second-order valence-electron chi connectivity index (χ2n) is 23.2. The van der Waals surface area contributed by atoms with Crippen LogP contribution in [0.3, 0.4) is 0 Å². The van der Waals surface area contributed by atoms with Gasteiger partial charge in [-0.2, -0.15) is 0 Å². The van der Waals surface area contributed by atoms with Gasteiger partial charge in [0.25, 0.3) is 6.47 Å². The quantitative estimate of drug-likeness (QED) is 0.0456. The Balaban J connectivity index is 0.931. The summed E-state index contributed by atoms with van der Waals surface area (Å²) in [6.07, 6.45) is 17.5. The average molecular weight is 945 g/mol. The molecule has 69 heavy (non-hydrogen) atoms. The largest absolute Gasteiger partial charge is 0.481 e. The number of esters is 2. The number of carbonyl (C=O) groups excluding carboxylic acids is 5. The van der Waals surface area contributed by atoms with E-state index in [2.05, 4.69) is 72.7 Å². The summed E-state index contributed by atoms with van der Waals surface area (Å²) in [6, 6.07) is 8.61. The van der Waals surface area contributed by atoms with Crippen LogP contribution in [0.2, 0.25) is 0 Å². The van der Waals surface area contributed by atoms with Gasteiger partial charge in [-0.1, -0.05) is 90.8 Å². The monoisotopic (exact) mass is 945 g/mol. The Kier molecular flexibility index (Phi) is 14.5. The number of aryl methyl sites for hydroxylation is 2. The molecule has 10 unspecified atom stereocenters. The maximum absolute atomic E-state index is 14.4. The summed E-state index contributed by atoms with van der Waals surface area (Å²) in [4.78, 5) is 81.1. The highest BCUT2D eigenvalue weighted by Crippen LogP contribution is 2.60. The van der Waals surface area contributed by atoms with Gasteiger partial charge in [0.05, 0.1) is 35.9 Å². The van der Waals surface area contributed by atoms with E-state index < -0.39 is 40.7 Å². The van der Waals surface area contributed by atoms with Gasteiger partial charge in [0.15, 0.2) is 11.6 Å². The van der Waals surface area contributed by atoms with Crippen LogP contribution in [0.4, 0.5) is 0 Å². The molecule has 0 radical (unpaired) electrons. The lowest BCUT2D eigenvalue weighted by Crippen LogP contribution is -2.53. The van der Waals surface area contributed by atoms with Crippen molar-refractivity contribution in [3.05, 3.63) is 93.1 Å². The lowest BCUT2D eigenvalue weighted by molar-refractivity contribution is -0.167. The molecule has 10 nitrogen and oxygen atoms in total. The van der Waals surface area contributed by atoms with E-state index in [0.29, 0.717) is 62.5 Å². The Morgan fingerprint density at radius 1 is 0.623 bits per heavy atom. The number of benzene rings is 2. The average Bonchev–Trinajstić information content (AvgIpc) is 3.32. The maximum atomic E-state index is 14.4. The number of carboxylic acid groups (broad SMARTS) is 1. The number of allylic oxidation sites excluding steroid dienone is 3. The number of ketones is 2. The topological polar surface area (TPSA) is 150 Å². The zero-order valence-electron chi connectivity index (χ0n) is 42.5. The molecule has 2 fully saturated rings. The summed E-state index contributed by atoms with van der Waals surface area (Å²) in [7, 11) is 0. The molecule has 2 aromatic rings. The molecule has 2 aromatic carbocycles. The van der Waals surface area contributed by atoms with Crippen LogP contribution < -0.4 is 0 Å². The first-order chi connectivity index (χ1) is 32.8. The van der Waals surface area contributed by atoms with Crippen molar-refractivity contribution in [3.63, 3.8) is 0 Å². The Labute approximate surface area is 409 Å². The molecule has 6 aliphatic carbocycles. The number of rotatable bonds is 15. The molecule has 0 heterocycles. The van der Waals surface area contributed by atoms with E-state index in [4.69, 9.17) is 14.2 Å². The standard InChI is InChI=1S/C59H76O10/c1-35(2)42-30-37-20-22-49-56(5,46(37)32-44(42)51(61)39-16-9-10-17-40(39)53(63)64)24-13-26-58(49,7)54(65)67-28-15-29-68-55(66)59(8)27-14-25-57(6)47-33-45(43(36(3)4)31-38(47)21-23-50(57)59)52(62)41-18-11-12-19-48(41)69-34-60/h9-12,30-36,39-41,48-50H,13-29H2,1-8H3,(H,63,64). The van der Waals surface area contributed by atoms with E-state index in [1.54, 1.807) is 0 Å². The molecule has 0 saturated heterocycles. The van der Waals surface area contributed by atoms with Crippen molar-refractivity contribution < 1.29 is 48.1 Å². The summed E-state index contributed by atoms with van der Waals surface area (Å²) in [5.74, 6) is -3.11. The summed E-state index contributed by atoms with van der Waals surface area (Å²) in [5.41, 5.74) is 5.79. The molecule has 372 valence electrons. The molecule has 2 saturated carbocycles. The highest BCUT2D eigenvalue weighted by molar-refractivity contribution is 6.02. The Morgan fingerprint density at radius 3 is 1.51 bits per heavy atom. The minimum absolute atomic E-state index is 0.00560. The van der Waals surface area contributed by atoms with Gasteiger partial charge in [0.2, 0.25) is 0 Å². The van der Waals surface area contributed by atoms with Gasteiger partial charge >= 0.3 is 17.9 Å². The number of carboxylic acids is 1. The number of Topliss-reactive ketones (excluding diaryl/α,β-unsaturated/α-hetero) is 2. The van der Waals surface area contributed by atoms with Crippen LogP contribution in [0, 0.1) is 40.4 Å². The molecular formula is C59H76O10. The summed E-state index contributed by atoms with van der Waals surface area (Å²) in [6.45, 7) is 17.7. The van der Waals surface area contributed by atoms with E-state index in [1.165, 1.54) is 11.1 Å². The molecule has 0 spiro atoms. The number of hydrogen-bond acceptors (Lipinski definition) is 9. The van der Waals surface area contributed by atoms with E-state index in [1.807, 2.05) is 31.2 Å². The first kappa shape index (κ1) is 50.5. The smallest absolute Gasteiger partial charge is 0.312 e. The first-order valence-electron chi connectivity index (χ1n) is 26.2. The Hall–Kier alpha value is -4.86. The summed E-state index contributed by atoms with van der Waals surface area (Å²) < 4.78 is 17.6. The fraction of sp³-hybridized carbons (Fsp3) is 0.627. The van der Waals surface area contributed by atoms with Crippen LogP contribution in [0.1, 0.15) is 205 Å². The zero-order chi connectivity index (χ0) is 49.6. The molecule has 0 aliphatic heterocycles. The third kappa shape index (κ3) is 8.98. The Bertz CT molecular complexity index is 2430. The molecule has 10 heteroatoms. The number of fused-ring (bicyclic) bond motifs is 6. The van der Waals surface area contributed by atoms with Crippen molar-refractivity contribution in [2.24, 2.45) is 40.4 Å². The molecule has 8 rings (SSSR count). The summed E-state index contributed by atoms with van der Waals surface area (Å²) >= 11 is 0. The fourth-order valence-corrected chi connectivity index (χ4v) is 14.7. The predicted octanol–water partition coefficient (Wildman–Crippen LogP) is 11.7. The molecule has 0 amide bonds. The molecule has 10 atom stereocenters. The van der Waals surface area contributed by atoms with Crippen molar-refractivity contribution in [3.8, 4) is 0 Å². The predicted molar refractivity (Wildman–Crippen MR) is 264 cm³/mol. The zero-order valence-corrected chi connectivity index (χ0v) is 42.5. The van der Waals surface area contributed by atoms with Crippen LogP contribution in [-0.2, 0) is 57.1 Å². The molecule has 0 aromatic heterocycles. The number of hydrogen-bond donors (Lipinski definition) is 1. The van der Waals surface area contributed by atoms with Crippen LogP contribution in [0.25, 0.3) is 0 Å². The highest BCUT2D eigenvalue weighted by Gasteiger charge is 2.58. The van der Waals surface area contributed by atoms with Crippen LogP contribution in [0.5, 0.6) is 0 Å². The third-order valence-electron chi connectivity index (χ3n) is 18.5. The van der Waals surface area contributed by atoms with Crippen molar-refractivity contribution >= 4 is 35.9 Å². The molecule has 1 N–H and O–H groups in total. The second kappa shape index (κ2) is 19.7. The lowest BCUT2D eigenvalue weighted by atomic mass is 9.49. The molecule has 6 aliphatic rings. The second-order valence-corrected chi connectivity index (χ2v) is 23.2.